The van der Waals surface area contributed by atoms with Gasteiger partial charge in [-0.1, -0.05) is 26.1 Å². The van der Waals surface area contributed by atoms with Crippen molar-refractivity contribution in [2.75, 3.05) is 11.4 Å². The van der Waals surface area contributed by atoms with Gasteiger partial charge in [-0.15, -0.1) is 0 Å². The third-order valence-corrected chi connectivity index (χ3v) is 3.71. The zero-order valence-corrected chi connectivity index (χ0v) is 12.8. The Morgan fingerprint density at radius 3 is 2.68 bits per heavy atom. The smallest absolute Gasteiger partial charge is 0.139 e. The standard InChI is InChI=1S/C15H23N3S/c1-10(2)8-9-18(12-5-6-12)15-13(14(16)19)7-4-11(3)17-15/h4,7,10,12H,5-6,8-9H2,1-3H3,(H2,16,19). The molecule has 1 aromatic rings. The first-order valence-electron chi connectivity index (χ1n) is 7.03. The van der Waals surface area contributed by atoms with Crippen molar-refractivity contribution >= 4 is 23.0 Å². The van der Waals surface area contributed by atoms with Gasteiger partial charge in [0.2, 0.25) is 0 Å². The van der Waals surface area contributed by atoms with E-state index in [1.165, 1.54) is 19.3 Å². The first kappa shape index (κ1) is 14.3. The lowest BCUT2D eigenvalue weighted by Gasteiger charge is -2.26. The second-order valence-electron chi connectivity index (χ2n) is 5.80. The first-order valence-corrected chi connectivity index (χ1v) is 7.44. The van der Waals surface area contributed by atoms with Crippen LogP contribution < -0.4 is 10.6 Å². The molecule has 0 saturated heterocycles. The fourth-order valence-corrected chi connectivity index (χ4v) is 2.36. The zero-order valence-electron chi connectivity index (χ0n) is 12.0. The number of hydrogen-bond acceptors (Lipinski definition) is 3. The lowest BCUT2D eigenvalue weighted by molar-refractivity contribution is 0.568. The maximum atomic E-state index is 5.84. The van der Waals surface area contributed by atoms with Crippen LogP contribution in [-0.2, 0) is 0 Å². The molecule has 4 heteroatoms. The number of anilines is 1. The molecule has 0 spiro atoms. The quantitative estimate of drug-likeness (QED) is 0.812. The number of nitrogens with two attached hydrogens (primary N) is 1. The van der Waals surface area contributed by atoms with E-state index in [2.05, 4.69) is 18.7 Å². The highest BCUT2D eigenvalue weighted by atomic mass is 32.1. The van der Waals surface area contributed by atoms with Gasteiger partial charge in [-0.25, -0.2) is 4.98 Å². The van der Waals surface area contributed by atoms with Crippen LogP contribution in [0.15, 0.2) is 12.1 Å². The van der Waals surface area contributed by atoms with Gasteiger partial charge < -0.3 is 10.6 Å². The van der Waals surface area contributed by atoms with Crippen molar-refractivity contribution in [3.8, 4) is 0 Å². The van der Waals surface area contributed by atoms with Gasteiger partial charge >= 0.3 is 0 Å². The minimum atomic E-state index is 0.442. The summed E-state index contributed by atoms with van der Waals surface area (Å²) < 4.78 is 0. The molecule has 1 aliphatic carbocycles. The van der Waals surface area contributed by atoms with Crippen LogP contribution in [0.25, 0.3) is 0 Å². The van der Waals surface area contributed by atoms with Gasteiger partial charge in [0.25, 0.3) is 0 Å². The summed E-state index contributed by atoms with van der Waals surface area (Å²) in [5, 5.41) is 0. The van der Waals surface area contributed by atoms with Crippen molar-refractivity contribution in [3.05, 3.63) is 23.4 Å². The van der Waals surface area contributed by atoms with Crippen molar-refractivity contribution in [2.45, 2.75) is 46.1 Å². The lowest BCUT2D eigenvalue weighted by Crippen LogP contribution is -2.31. The summed E-state index contributed by atoms with van der Waals surface area (Å²) in [6.45, 7) is 7.56. The third kappa shape index (κ3) is 3.66. The molecule has 0 amide bonds. The number of hydrogen-bond donors (Lipinski definition) is 1. The topological polar surface area (TPSA) is 42.1 Å². The Kier molecular flexibility index (Phi) is 4.40. The molecule has 1 saturated carbocycles. The fraction of sp³-hybridized carbons (Fsp3) is 0.600. The molecule has 1 aliphatic rings. The molecule has 3 nitrogen and oxygen atoms in total. The molecule has 104 valence electrons. The molecule has 0 bridgehead atoms. The molecule has 0 radical (unpaired) electrons. The molecule has 0 atom stereocenters. The third-order valence-electron chi connectivity index (χ3n) is 3.49. The Labute approximate surface area is 121 Å². The SMILES string of the molecule is Cc1ccc(C(N)=S)c(N(CCC(C)C)C2CC2)n1. The Morgan fingerprint density at radius 2 is 2.16 bits per heavy atom. The monoisotopic (exact) mass is 277 g/mol. The van der Waals surface area contributed by atoms with Gasteiger partial charge in [0.05, 0.1) is 5.56 Å². The van der Waals surface area contributed by atoms with Gasteiger partial charge in [-0.2, -0.15) is 0 Å². The summed E-state index contributed by atoms with van der Waals surface area (Å²) in [7, 11) is 0. The van der Waals surface area contributed by atoms with E-state index in [-0.39, 0.29) is 0 Å². The van der Waals surface area contributed by atoms with E-state index < -0.39 is 0 Å². The lowest BCUT2D eigenvalue weighted by atomic mass is 10.1. The molecule has 2 rings (SSSR count). The maximum Gasteiger partial charge on any atom is 0.139 e. The highest BCUT2D eigenvalue weighted by Gasteiger charge is 2.31. The van der Waals surface area contributed by atoms with Crippen LogP contribution in [0.5, 0.6) is 0 Å². The second-order valence-corrected chi connectivity index (χ2v) is 6.23. The van der Waals surface area contributed by atoms with E-state index in [1.54, 1.807) is 0 Å². The van der Waals surface area contributed by atoms with E-state index in [9.17, 15) is 0 Å². The first-order chi connectivity index (χ1) is 8.99. The Bertz CT molecular complexity index is 466. The van der Waals surface area contributed by atoms with Crippen LogP contribution in [0.3, 0.4) is 0 Å². The van der Waals surface area contributed by atoms with Gasteiger partial charge in [-0.05, 0) is 44.2 Å². The molecule has 1 heterocycles. The predicted octanol–water partition coefficient (Wildman–Crippen LogP) is 3.04. The van der Waals surface area contributed by atoms with E-state index in [1.807, 2.05) is 19.1 Å². The highest BCUT2D eigenvalue weighted by Crippen LogP contribution is 2.33. The molecular weight excluding hydrogens is 254 g/mol. The molecule has 1 aromatic heterocycles. The number of pyridine rings is 1. The van der Waals surface area contributed by atoms with Crippen LogP contribution in [-0.4, -0.2) is 22.6 Å². The normalized spacial score (nSPS) is 14.7. The van der Waals surface area contributed by atoms with Crippen molar-refractivity contribution in [1.82, 2.24) is 4.98 Å². The number of aromatic nitrogens is 1. The molecule has 19 heavy (non-hydrogen) atoms. The average Bonchev–Trinajstić information content (AvgIpc) is 3.13. The van der Waals surface area contributed by atoms with Crippen LogP contribution in [0.2, 0.25) is 0 Å². The summed E-state index contributed by atoms with van der Waals surface area (Å²) in [6, 6.07) is 4.61. The van der Waals surface area contributed by atoms with Gasteiger partial charge in [0.15, 0.2) is 0 Å². The summed E-state index contributed by atoms with van der Waals surface area (Å²) in [6.07, 6.45) is 3.68. The summed E-state index contributed by atoms with van der Waals surface area (Å²) >= 11 is 5.17. The van der Waals surface area contributed by atoms with Gasteiger partial charge in [-0.3, -0.25) is 0 Å². The molecule has 0 aromatic carbocycles. The maximum absolute atomic E-state index is 5.84. The minimum absolute atomic E-state index is 0.442. The summed E-state index contributed by atoms with van der Waals surface area (Å²) in [4.78, 5) is 7.54. The average molecular weight is 277 g/mol. The number of rotatable bonds is 6. The predicted molar refractivity (Wildman–Crippen MR) is 84.7 cm³/mol. The largest absolute Gasteiger partial charge is 0.389 e. The number of nitrogens with zero attached hydrogens (tertiary/aromatic N) is 2. The van der Waals surface area contributed by atoms with E-state index in [0.29, 0.717) is 16.9 Å². The molecule has 2 N–H and O–H groups in total. The Balaban J connectivity index is 2.29. The van der Waals surface area contributed by atoms with Crippen LogP contribution in [0.1, 0.15) is 44.4 Å². The van der Waals surface area contributed by atoms with Crippen molar-refractivity contribution in [3.63, 3.8) is 0 Å². The highest BCUT2D eigenvalue weighted by molar-refractivity contribution is 7.80. The van der Waals surface area contributed by atoms with Crippen molar-refractivity contribution < 1.29 is 0 Å². The number of aryl methyl sites for hydroxylation is 1. The van der Waals surface area contributed by atoms with Gasteiger partial charge in [0.1, 0.15) is 10.8 Å². The fourth-order valence-electron chi connectivity index (χ4n) is 2.20. The van der Waals surface area contributed by atoms with Crippen LogP contribution in [0.4, 0.5) is 5.82 Å². The van der Waals surface area contributed by atoms with Gasteiger partial charge in [0, 0.05) is 18.3 Å². The molecule has 0 unspecified atom stereocenters. The Morgan fingerprint density at radius 1 is 1.47 bits per heavy atom. The van der Waals surface area contributed by atoms with Crippen molar-refractivity contribution in [1.29, 1.82) is 0 Å². The van der Waals surface area contributed by atoms with E-state index >= 15 is 0 Å². The number of thiocarbonyl (C=S) groups is 1. The van der Waals surface area contributed by atoms with E-state index in [4.69, 9.17) is 22.9 Å². The summed E-state index contributed by atoms with van der Waals surface area (Å²) in [5.74, 6) is 1.68. The van der Waals surface area contributed by atoms with Crippen molar-refractivity contribution in [2.24, 2.45) is 11.7 Å². The molecule has 1 fully saturated rings. The zero-order chi connectivity index (χ0) is 14.0. The molecule has 0 aliphatic heterocycles. The van der Waals surface area contributed by atoms with E-state index in [0.717, 1.165) is 23.6 Å². The minimum Gasteiger partial charge on any atom is -0.389 e. The Hall–Kier alpha value is -1.16. The van der Waals surface area contributed by atoms with Crippen LogP contribution in [0, 0.1) is 12.8 Å². The molecular formula is C15H23N3S. The second kappa shape index (κ2) is 5.87. The summed E-state index contributed by atoms with van der Waals surface area (Å²) in [5.41, 5.74) is 7.78. The van der Waals surface area contributed by atoms with Crippen LogP contribution >= 0.6 is 12.2 Å².